The summed E-state index contributed by atoms with van der Waals surface area (Å²) in [5.74, 6) is 0.785. The first kappa shape index (κ1) is 21.6. The van der Waals surface area contributed by atoms with Crippen LogP contribution >= 0.6 is 0 Å². The van der Waals surface area contributed by atoms with Crippen molar-refractivity contribution in [2.45, 2.75) is 40.5 Å². The van der Waals surface area contributed by atoms with E-state index < -0.39 is 0 Å². The number of nitrogens with one attached hydrogen (secondary N) is 2. The van der Waals surface area contributed by atoms with Crippen LogP contribution in [0, 0.1) is 13.8 Å². The zero-order valence-corrected chi connectivity index (χ0v) is 18.3. The van der Waals surface area contributed by atoms with E-state index in [2.05, 4.69) is 59.9 Å². The molecule has 0 saturated carbocycles. The van der Waals surface area contributed by atoms with E-state index in [0.717, 1.165) is 35.1 Å². The van der Waals surface area contributed by atoms with E-state index in [0.29, 0.717) is 19.7 Å². The van der Waals surface area contributed by atoms with Gasteiger partial charge in [-0.2, -0.15) is 5.10 Å². The van der Waals surface area contributed by atoms with Crippen LogP contribution in [0.2, 0.25) is 0 Å². The first-order valence-corrected chi connectivity index (χ1v) is 10.3. The smallest absolute Gasteiger partial charge is 0.191 e. The summed E-state index contributed by atoms with van der Waals surface area (Å²) in [7, 11) is 1.72. The minimum atomic E-state index is 0.559. The van der Waals surface area contributed by atoms with Crippen molar-refractivity contribution in [2.75, 3.05) is 13.7 Å². The first-order valence-electron chi connectivity index (χ1n) is 10.3. The van der Waals surface area contributed by atoms with Crippen molar-refractivity contribution in [3.8, 4) is 5.69 Å². The number of ether oxygens (including phenoxy) is 1. The number of rotatable bonds is 8. The Hall–Kier alpha value is -3.12. The number of aromatic nitrogens is 2. The summed E-state index contributed by atoms with van der Waals surface area (Å²) in [6.07, 6.45) is 0. The number of nitrogens with zero attached hydrogens (tertiary/aromatic N) is 3. The molecule has 3 aromatic rings. The third-order valence-electron chi connectivity index (χ3n) is 4.85. The lowest BCUT2D eigenvalue weighted by atomic mass is 10.1. The van der Waals surface area contributed by atoms with Gasteiger partial charge in [0.15, 0.2) is 5.96 Å². The van der Waals surface area contributed by atoms with Crippen LogP contribution in [-0.4, -0.2) is 29.4 Å². The summed E-state index contributed by atoms with van der Waals surface area (Å²) in [5, 5.41) is 11.4. The number of guanidine groups is 1. The lowest BCUT2D eigenvalue weighted by Gasteiger charge is -2.15. The molecule has 2 aromatic carbocycles. The summed E-state index contributed by atoms with van der Waals surface area (Å²) >= 11 is 0. The maximum Gasteiger partial charge on any atom is 0.191 e. The van der Waals surface area contributed by atoms with Crippen LogP contribution in [-0.2, 0) is 24.4 Å². The van der Waals surface area contributed by atoms with E-state index in [-0.39, 0.29) is 0 Å². The Bertz CT molecular complexity index is 993. The average molecular weight is 406 g/mol. The van der Waals surface area contributed by atoms with E-state index in [1.54, 1.807) is 7.11 Å². The van der Waals surface area contributed by atoms with E-state index >= 15 is 0 Å². The van der Waals surface area contributed by atoms with Gasteiger partial charge in [0.2, 0.25) is 0 Å². The molecule has 0 aliphatic carbocycles. The molecular formula is C24H31N5O. The van der Waals surface area contributed by atoms with Gasteiger partial charge in [-0.05, 0) is 49.6 Å². The average Bonchev–Trinajstić information content (AvgIpc) is 3.09. The van der Waals surface area contributed by atoms with Gasteiger partial charge in [0.05, 0.1) is 24.5 Å². The highest BCUT2D eigenvalue weighted by molar-refractivity contribution is 5.79. The molecule has 1 aromatic heterocycles. The van der Waals surface area contributed by atoms with Gasteiger partial charge in [-0.15, -0.1) is 0 Å². The molecular weight excluding hydrogens is 374 g/mol. The molecule has 0 aliphatic heterocycles. The zero-order valence-electron chi connectivity index (χ0n) is 18.3. The molecule has 3 rings (SSSR count). The first-order chi connectivity index (χ1) is 14.6. The second-order valence-electron chi connectivity index (χ2n) is 7.22. The van der Waals surface area contributed by atoms with Gasteiger partial charge >= 0.3 is 0 Å². The van der Waals surface area contributed by atoms with Crippen molar-refractivity contribution in [1.82, 2.24) is 20.4 Å². The monoisotopic (exact) mass is 405 g/mol. The van der Waals surface area contributed by atoms with Crippen molar-refractivity contribution < 1.29 is 4.74 Å². The maximum atomic E-state index is 5.31. The SMILES string of the molecule is CCNC(=NCc1ccccc1-n1nc(C)cc1C)NCc1ccccc1COC. The Kier molecular flexibility index (Phi) is 7.63. The van der Waals surface area contributed by atoms with E-state index in [9.17, 15) is 0 Å². The molecule has 1 heterocycles. The molecule has 0 bridgehead atoms. The second-order valence-corrected chi connectivity index (χ2v) is 7.22. The standard InChI is InChI=1S/C24H31N5O/c1-5-25-24(26-15-20-10-6-7-12-22(20)17-30-4)27-16-21-11-8-9-13-23(21)29-19(3)14-18(2)28-29/h6-14H,5,15-17H2,1-4H3,(H2,25,26,27). The van der Waals surface area contributed by atoms with Crippen LogP contribution < -0.4 is 10.6 Å². The Morgan fingerprint density at radius 1 is 1.00 bits per heavy atom. The van der Waals surface area contributed by atoms with Crippen molar-refractivity contribution in [2.24, 2.45) is 4.99 Å². The number of hydrogen-bond acceptors (Lipinski definition) is 3. The third kappa shape index (κ3) is 5.48. The van der Waals surface area contributed by atoms with Crippen LogP contribution in [0.3, 0.4) is 0 Å². The summed E-state index contributed by atoms with van der Waals surface area (Å²) < 4.78 is 7.30. The molecule has 0 radical (unpaired) electrons. The molecule has 0 aliphatic rings. The van der Waals surface area contributed by atoms with Crippen molar-refractivity contribution in [3.63, 3.8) is 0 Å². The lowest BCUT2D eigenvalue weighted by Crippen LogP contribution is -2.37. The fraction of sp³-hybridized carbons (Fsp3) is 0.333. The van der Waals surface area contributed by atoms with Gasteiger partial charge in [0.1, 0.15) is 0 Å². The molecule has 0 amide bonds. The molecule has 0 fully saturated rings. The van der Waals surface area contributed by atoms with Crippen LogP contribution in [0.25, 0.3) is 5.69 Å². The summed E-state index contributed by atoms with van der Waals surface area (Å²) in [5.41, 5.74) is 6.69. The number of hydrogen-bond donors (Lipinski definition) is 2. The fourth-order valence-electron chi connectivity index (χ4n) is 3.44. The molecule has 0 saturated heterocycles. The Labute approximate surface area is 179 Å². The highest BCUT2D eigenvalue weighted by Gasteiger charge is 2.09. The molecule has 6 nitrogen and oxygen atoms in total. The van der Waals surface area contributed by atoms with Gasteiger partial charge in [-0.3, -0.25) is 0 Å². The summed E-state index contributed by atoms with van der Waals surface area (Å²) in [4.78, 5) is 4.82. The van der Waals surface area contributed by atoms with Crippen molar-refractivity contribution >= 4 is 5.96 Å². The van der Waals surface area contributed by atoms with Crippen LogP contribution in [0.4, 0.5) is 0 Å². The van der Waals surface area contributed by atoms with Crippen molar-refractivity contribution in [1.29, 1.82) is 0 Å². The quantitative estimate of drug-likeness (QED) is 0.441. The topological polar surface area (TPSA) is 63.5 Å². The van der Waals surface area contributed by atoms with Crippen LogP contribution in [0.5, 0.6) is 0 Å². The second kappa shape index (κ2) is 10.6. The normalized spacial score (nSPS) is 11.5. The highest BCUT2D eigenvalue weighted by atomic mass is 16.5. The third-order valence-corrected chi connectivity index (χ3v) is 4.85. The summed E-state index contributed by atoms with van der Waals surface area (Å²) in [6, 6.07) is 18.6. The minimum absolute atomic E-state index is 0.559. The Morgan fingerprint density at radius 3 is 2.37 bits per heavy atom. The van der Waals surface area contributed by atoms with E-state index in [1.165, 1.54) is 11.1 Å². The Morgan fingerprint density at radius 2 is 1.70 bits per heavy atom. The minimum Gasteiger partial charge on any atom is -0.380 e. The molecule has 0 spiro atoms. The molecule has 0 atom stereocenters. The van der Waals surface area contributed by atoms with E-state index in [1.807, 2.05) is 35.9 Å². The molecule has 6 heteroatoms. The predicted molar refractivity (Wildman–Crippen MR) is 122 cm³/mol. The van der Waals surface area contributed by atoms with Gasteiger partial charge in [-0.25, -0.2) is 9.67 Å². The number of para-hydroxylation sites is 1. The van der Waals surface area contributed by atoms with Crippen LogP contribution in [0.15, 0.2) is 59.6 Å². The fourth-order valence-corrected chi connectivity index (χ4v) is 3.44. The Balaban J connectivity index is 1.77. The molecule has 30 heavy (non-hydrogen) atoms. The molecule has 158 valence electrons. The number of methoxy groups -OCH3 is 1. The highest BCUT2D eigenvalue weighted by Crippen LogP contribution is 2.18. The van der Waals surface area contributed by atoms with Gasteiger partial charge in [0, 0.05) is 25.9 Å². The largest absolute Gasteiger partial charge is 0.380 e. The van der Waals surface area contributed by atoms with Crippen LogP contribution in [0.1, 0.15) is 35.0 Å². The summed E-state index contributed by atoms with van der Waals surface area (Å²) in [6.45, 7) is 8.79. The predicted octanol–water partition coefficient (Wildman–Crippen LogP) is 3.89. The number of aryl methyl sites for hydroxylation is 2. The van der Waals surface area contributed by atoms with Crippen molar-refractivity contribution in [3.05, 3.63) is 82.7 Å². The zero-order chi connectivity index (χ0) is 21.3. The number of aliphatic imine (C=N–C) groups is 1. The molecule has 0 unspecified atom stereocenters. The maximum absolute atomic E-state index is 5.31. The molecule has 2 N–H and O–H groups in total. The van der Waals surface area contributed by atoms with Gasteiger partial charge in [0.25, 0.3) is 0 Å². The number of benzene rings is 2. The van der Waals surface area contributed by atoms with Gasteiger partial charge in [-0.1, -0.05) is 42.5 Å². The van der Waals surface area contributed by atoms with Gasteiger partial charge < -0.3 is 15.4 Å². The lowest BCUT2D eigenvalue weighted by molar-refractivity contribution is 0.184. The van der Waals surface area contributed by atoms with E-state index in [4.69, 9.17) is 9.73 Å².